The third-order valence-electron chi connectivity index (χ3n) is 6.13. The summed E-state index contributed by atoms with van der Waals surface area (Å²) in [5, 5.41) is 8.88. The molecule has 1 unspecified atom stereocenters. The van der Waals surface area contributed by atoms with Crippen LogP contribution in [0.15, 0.2) is 47.4 Å². The first kappa shape index (κ1) is 24.3. The van der Waals surface area contributed by atoms with E-state index >= 15 is 0 Å². The molecule has 2 atom stereocenters. The molecule has 2 amide bonds. The predicted octanol–water partition coefficient (Wildman–Crippen LogP) is 1.89. The number of carbonyl (C=O) groups excluding carboxylic acids is 2. The van der Waals surface area contributed by atoms with Crippen LogP contribution in [0.25, 0.3) is 11.1 Å². The number of ether oxygens (including phenoxy) is 1. The fraction of sp³-hybridized carbons (Fsp3) is 0.417. The number of benzene rings is 2. The molecule has 2 N–H and O–H groups in total. The molecule has 0 radical (unpaired) electrons. The minimum atomic E-state index is -3.71. The van der Waals surface area contributed by atoms with Crippen molar-refractivity contribution in [2.45, 2.75) is 43.7 Å². The van der Waals surface area contributed by atoms with Crippen LogP contribution in [0.2, 0.25) is 0 Å². The molecule has 10 heteroatoms. The normalized spacial score (nSPS) is 20.3. The number of nitrogens with zero attached hydrogens (tertiary/aromatic N) is 2. The molecule has 4 rings (SSSR count). The number of sulfonamides is 1. The van der Waals surface area contributed by atoms with Gasteiger partial charge in [0.25, 0.3) is 5.91 Å². The van der Waals surface area contributed by atoms with Gasteiger partial charge in [-0.3, -0.25) is 9.59 Å². The monoisotopic (exact) mass is 487 g/mol. The van der Waals surface area contributed by atoms with Crippen molar-refractivity contribution in [3.8, 4) is 11.1 Å². The summed E-state index contributed by atoms with van der Waals surface area (Å²) < 4.78 is 32.5. The number of anilines is 2. The molecular formula is C24H29N3O6S. The van der Waals surface area contributed by atoms with E-state index < -0.39 is 16.1 Å². The Bertz CT molecular complexity index is 1180. The maximum Gasteiger partial charge on any atom is 0.256 e. The second kappa shape index (κ2) is 9.83. The van der Waals surface area contributed by atoms with E-state index in [4.69, 9.17) is 9.84 Å². The van der Waals surface area contributed by atoms with E-state index in [0.717, 1.165) is 17.5 Å². The number of hydrogen-bond acceptors (Lipinski definition) is 6. The Hall–Kier alpha value is -2.79. The number of aliphatic hydroxyl groups excluding tert-OH is 1. The van der Waals surface area contributed by atoms with Gasteiger partial charge in [0.2, 0.25) is 15.9 Å². The second-order valence-electron chi connectivity index (χ2n) is 8.54. The molecule has 1 fully saturated rings. The minimum absolute atomic E-state index is 0.0610. The minimum Gasteiger partial charge on any atom is -0.395 e. The number of aliphatic hydroxyl groups is 1. The van der Waals surface area contributed by atoms with Gasteiger partial charge in [0.05, 0.1) is 28.9 Å². The standard InChI is InChI=1S/C24H29N3O6S/c1-16-15-26(24(30)23-4-3-13-33-23)22-14-19(7-10-21(22)27(16)17(2)29)18-5-8-20(9-6-18)34(31,32)25-11-12-28/h5-10,14,16,23,25,28H,3-4,11-13,15H2,1-2H3/t16-,23?/m0/s1. The molecule has 2 aliphatic heterocycles. The maximum absolute atomic E-state index is 13.3. The molecule has 0 aromatic heterocycles. The highest BCUT2D eigenvalue weighted by atomic mass is 32.2. The summed E-state index contributed by atoms with van der Waals surface area (Å²) in [5.74, 6) is -0.210. The van der Waals surface area contributed by atoms with Crippen molar-refractivity contribution >= 4 is 33.2 Å². The molecule has 9 nitrogen and oxygen atoms in total. The smallest absolute Gasteiger partial charge is 0.256 e. The second-order valence-corrected chi connectivity index (χ2v) is 10.3. The lowest BCUT2D eigenvalue weighted by atomic mass is 10.00. The van der Waals surface area contributed by atoms with Crippen LogP contribution in [0, 0.1) is 0 Å². The molecule has 2 aromatic carbocycles. The van der Waals surface area contributed by atoms with E-state index in [2.05, 4.69) is 4.72 Å². The molecule has 0 saturated carbocycles. The number of fused-ring (bicyclic) bond motifs is 1. The third-order valence-corrected chi connectivity index (χ3v) is 7.60. The zero-order valence-corrected chi connectivity index (χ0v) is 20.0. The summed E-state index contributed by atoms with van der Waals surface area (Å²) in [5.41, 5.74) is 2.84. The summed E-state index contributed by atoms with van der Waals surface area (Å²) in [6.45, 7) is 4.00. The molecule has 0 spiro atoms. The lowest BCUT2D eigenvalue weighted by molar-refractivity contribution is -0.127. The van der Waals surface area contributed by atoms with Gasteiger partial charge in [-0.1, -0.05) is 18.2 Å². The van der Waals surface area contributed by atoms with Gasteiger partial charge in [0.15, 0.2) is 0 Å². The molecular weight excluding hydrogens is 458 g/mol. The van der Waals surface area contributed by atoms with Gasteiger partial charge in [-0.05, 0) is 55.2 Å². The number of nitrogens with one attached hydrogen (secondary N) is 1. The van der Waals surface area contributed by atoms with Gasteiger partial charge in [-0.25, -0.2) is 13.1 Å². The number of carbonyl (C=O) groups is 2. The van der Waals surface area contributed by atoms with Crippen molar-refractivity contribution in [3.05, 3.63) is 42.5 Å². The van der Waals surface area contributed by atoms with Crippen LogP contribution < -0.4 is 14.5 Å². The summed E-state index contributed by atoms with van der Waals surface area (Å²) in [6, 6.07) is 11.7. The quantitative estimate of drug-likeness (QED) is 0.643. The molecule has 1 saturated heterocycles. The van der Waals surface area contributed by atoms with Crippen LogP contribution >= 0.6 is 0 Å². The van der Waals surface area contributed by atoms with Crippen molar-refractivity contribution < 1.29 is 27.9 Å². The molecule has 0 bridgehead atoms. The highest BCUT2D eigenvalue weighted by Crippen LogP contribution is 2.39. The summed E-state index contributed by atoms with van der Waals surface area (Å²) in [4.78, 5) is 29.2. The Kier molecular flexibility index (Phi) is 7.04. The molecule has 182 valence electrons. The van der Waals surface area contributed by atoms with Crippen molar-refractivity contribution in [2.24, 2.45) is 0 Å². The van der Waals surface area contributed by atoms with Crippen LogP contribution in [0.5, 0.6) is 0 Å². The van der Waals surface area contributed by atoms with E-state index in [-0.39, 0.29) is 35.9 Å². The lowest BCUT2D eigenvalue weighted by Gasteiger charge is -2.41. The zero-order valence-electron chi connectivity index (χ0n) is 19.2. The van der Waals surface area contributed by atoms with E-state index in [0.29, 0.717) is 30.9 Å². The lowest BCUT2D eigenvalue weighted by Crippen LogP contribution is -2.53. The van der Waals surface area contributed by atoms with Crippen LogP contribution in [-0.2, 0) is 24.3 Å². The summed E-state index contributed by atoms with van der Waals surface area (Å²) >= 11 is 0. The van der Waals surface area contributed by atoms with Crippen LogP contribution in [0.4, 0.5) is 11.4 Å². The van der Waals surface area contributed by atoms with E-state index in [1.54, 1.807) is 21.9 Å². The number of amides is 2. The SMILES string of the molecule is CC(=O)N1c2ccc(-c3ccc(S(=O)(=O)NCCO)cc3)cc2N(C(=O)C2CCCO2)C[C@@H]1C. The third kappa shape index (κ3) is 4.72. The fourth-order valence-corrected chi connectivity index (χ4v) is 5.55. The first-order chi connectivity index (χ1) is 16.2. The van der Waals surface area contributed by atoms with Crippen LogP contribution in [-0.4, -0.2) is 63.8 Å². The highest BCUT2D eigenvalue weighted by Gasteiger charge is 2.37. The largest absolute Gasteiger partial charge is 0.395 e. The van der Waals surface area contributed by atoms with Crippen LogP contribution in [0.3, 0.4) is 0 Å². The zero-order chi connectivity index (χ0) is 24.5. The van der Waals surface area contributed by atoms with Gasteiger partial charge >= 0.3 is 0 Å². The van der Waals surface area contributed by atoms with Gasteiger partial charge in [-0.2, -0.15) is 0 Å². The Balaban J connectivity index is 1.71. The maximum atomic E-state index is 13.3. The van der Waals surface area contributed by atoms with Gasteiger partial charge in [-0.15, -0.1) is 0 Å². The Labute approximate surface area is 199 Å². The predicted molar refractivity (Wildman–Crippen MR) is 128 cm³/mol. The Morgan fingerprint density at radius 1 is 1.12 bits per heavy atom. The molecule has 2 heterocycles. The number of hydrogen-bond donors (Lipinski definition) is 2. The Morgan fingerprint density at radius 3 is 2.44 bits per heavy atom. The van der Waals surface area contributed by atoms with E-state index in [1.807, 2.05) is 25.1 Å². The van der Waals surface area contributed by atoms with Crippen molar-refractivity contribution in [2.75, 3.05) is 36.1 Å². The van der Waals surface area contributed by atoms with E-state index in [9.17, 15) is 18.0 Å². The topological polar surface area (TPSA) is 116 Å². The molecule has 2 aliphatic rings. The van der Waals surface area contributed by atoms with Crippen LogP contribution in [0.1, 0.15) is 26.7 Å². The Morgan fingerprint density at radius 2 is 1.82 bits per heavy atom. The van der Waals surface area contributed by atoms with Crippen molar-refractivity contribution in [1.29, 1.82) is 0 Å². The average molecular weight is 488 g/mol. The molecule has 34 heavy (non-hydrogen) atoms. The van der Waals surface area contributed by atoms with Crippen molar-refractivity contribution in [3.63, 3.8) is 0 Å². The summed E-state index contributed by atoms with van der Waals surface area (Å²) in [6.07, 6.45) is 1.04. The highest BCUT2D eigenvalue weighted by molar-refractivity contribution is 7.89. The number of rotatable bonds is 6. The van der Waals surface area contributed by atoms with Gasteiger partial charge in [0, 0.05) is 26.6 Å². The van der Waals surface area contributed by atoms with E-state index in [1.165, 1.54) is 19.1 Å². The first-order valence-electron chi connectivity index (χ1n) is 11.3. The average Bonchev–Trinajstić information content (AvgIpc) is 3.36. The van der Waals surface area contributed by atoms with Gasteiger partial charge in [0.1, 0.15) is 6.10 Å². The molecule has 2 aromatic rings. The molecule has 0 aliphatic carbocycles. The fourth-order valence-electron chi connectivity index (χ4n) is 4.53. The van der Waals surface area contributed by atoms with Gasteiger partial charge < -0.3 is 19.6 Å². The first-order valence-corrected chi connectivity index (χ1v) is 12.8. The summed E-state index contributed by atoms with van der Waals surface area (Å²) in [7, 11) is -3.71. The van der Waals surface area contributed by atoms with Crippen molar-refractivity contribution in [1.82, 2.24) is 4.72 Å².